The number of aliphatic imine (C=N–C) groups is 1. The summed E-state index contributed by atoms with van der Waals surface area (Å²) in [6.07, 6.45) is 1.84. The Labute approximate surface area is 300 Å². The van der Waals surface area contributed by atoms with Gasteiger partial charge in [-0.3, -0.25) is 4.99 Å². The van der Waals surface area contributed by atoms with E-state index in [-0.39, 0.29) is 22.0 Å². The van der Waals surface area contributed by atoms with Crippen molar-refractivity contribution in [3.05, 3.63) is 125 Å². The van der Waals surface area contributed by atoms with Gasteiger partial charge >= 0.3 is 0 Å². The molecule has 0 fully saturated rings. The van der Waals surface area contributed by atoms with E-state index in [0.29, 0.717) is 0 Å². The highest BCUT2D eigenvalue weighted by atomic mass is 32.1. The van der Waals surface area contributed by atoms with Crippen molar-refractivity contribution < 1.29 is 5.11 Å². The number of thiazole rings is 1. The summed E-state index contributed by atoms with van der Waals surface area (Å²) >= 11 is 1.72. The van der Waals surface area contributed by atoms with Crippen molar-refractivity contribution in [1.82, 2.24) is 4.98 Å². The van der Waals surface area contributed by atoms with Crippen LogP contribution >= 0.6 is 11.3 Å². The standard InChI is InChI=1S/C46H46N2OS/c1-44(2,3)31-23-30(42(49)38(25-31)46(7,8)9)27-47-40-34-19-13-11-16-29(34)21-22-36(40)43-48-41-37(24-32(45(4,5)6)26-39(41)50-43)35-20-14-17-28-15-10-12-18-33(28)35/h10-27,49H,1-9H3. The van der Waals surface area contributed by atoms with Crippen LogP contribution in [0.15, 0.2) is 108 Å². The van der Waals surface area contributed by atoms with Crippen molar-refractivity contribution in [2.45, 2.75) is 78.6 Å². The van der Waals surface area contributed by atoms with Crippen LogP contribution in [-0.4, -0.2) is 16.3 Å². The van der Waals surface area contributed by atoms with Gasteiger partial charge in [0.05, 0.1) is 15.9 Å². The maximum atomic E-state index is 11.6. The number of aromatic hydroxyl groups is 1. The molecule has 252 valence electrons. The monoisotopic (exact) mass is 674 g/mol. The predicted molar refractivity (Wildman–Crippen MR) is 217 cm³/mol. The minimum absolute atomic E-state index is 0.0361. The van der Waals surface area contributed by atoms with Gasteiger partial charge in [0.1, 0.15) is 10.8 Å². The zero-order valence-electron chi connectivity index (χ0n) is 30.6. The molecule has 4 heteroatoms. The van der Waals surface area contributed by atoms with Crippen LogP contribution in [0.5, 0.6) is 5.75 Å². The van der Waals surface area contributed by atoms with Crippen molar-refractivity contribution in [1.29, 1.82) is 0 Å². The summed E-state index contributed by atoms with van der Waals surface area (Å²) in [6, 6.07) is 36.7. The van der Waals surface area contributed by atoms with E-state index in [1.807, 2.05) is 6.21 Å². The van der Waals surface area contributed by atoms with E-state index < -0.39 is 0 Å². The van der Waals surface area contributed by atoms with Gasteiger partial charge in [0.25, 0.3) is 0 Å². The maximum absolute atomic E-state index is 11.6. The van der Waals surface area contributed by atoms with Crippen LogP contribution in [0.25, 0.3) is 53.5 Å². The summed E-state index contributed by atoms with van der Waals surface area (Å²) < 4.78 is 1.16. The number of fused-ring (bicyclic) bond motifs is 3. The molecule has 1 heterocycles. The Hall–Kier alpha value is -4.80. The van der Waals surface area contributed by atoms with E-state index in [0.717, 1.165) is 53.9 Å². The first kappa shape index (κ1) is 33.7. The van der Waals surface area contributed by atoms with E-state index in [2.05, 4.69) is 165 Å². The lowest BCUT2D eigenvalue weighted by atomic mass is 9.79. The smallest absolute Gasteiger partial charge is 0.128 e. The molecule has 0 amide bonds. The van der Waals surface area contributed by atoms with Crippen molar-refractivity contribution >= 4 is 55.0 Å². The zero-order chi connectivity index (χ0) is 35.6. The molecule has 6 aromatic carbocycles. The third-order valence-corrected chi connectivity index (χ3v) is 10.8. The van der Waals surface area contributed by atoms with Gasteiger partial charge in [0.15, 0.2) is 0 Å². The maximum Gasteiger partial charge on any atom is 0.128 e. The molecule has 0 radical (unpaired) electrons. The van der Waals surface area contributed by atoms with Crippen molar-refractivity contribution in [3.63, 3.8) is 0 Å². The molecule has 0 spiro atoms. The average Bonchev–Trinajstić information content (AvgIpc) is 3.50. The van der Waals surface area contributed by atoms with Gasteiger partial charge in [-0.15, -0.1) is 11.3 Å². The van der Waals surface area contributed by atoms with Gasteiger partial charge in [-0.25, -0.2) is 4.98 Å². The van der Waals surface area contributed by atoms with E-state index in [9.17, 15) is 5.11 Å². The predicted octanol–water partition coefficient (Wildman–Crippen LogP) is 13.3. The van der Waals surface area contributed by atoms with Gasteiger partial charge in [-0.1, -0.05) is 141 Å². The Kier molecular flexibility index (Phi) is 8.22. The van der Waals surface area contributed by atoms with Gasteiger partial charge in [-0.05, 0) is 73.4 Å². The summed E-state index contributed by atoms with van der Waals surface area (Å²) in [5.41, 5.74) is 8.91. The molecule has 1 aromatic heterocycles. The SMILES string of the molecule is CC(C)(C)c1cc(C=Nc2c(-c3nc4c(-c5cccc6ccccc56)cc(C(C)(C)C)cc4s3)ccc3ccccc23)c(O)c(C(C)(C)C)c1. The summed E-state index contributed by atoms with van der Waals surface area (Å²) in [4.78, 5) is 10.6. The number of nitrogens with zero attached hydrogens (tertiary/aromatic N) is 2. The fourth-order valence-electron chi connectivity index (χ4n) is 6.70. The lowest BCUT2D eigenvalue weighted by Gasteiger charge is -2.27. The highest BCUT2D eigenvalue weighted by molar-refractivity contribution is 7.21. The van der Waals surface area contributed by atoms with Crippen LogP contribution in [0, 0.1) is 0 Å². The van der Waals surface area contributed by atoms with E-state index in [1.54, 1.807) is 11.3 Å². The number of aromatic nitrogens is 1. The third-order valence-electron chi connectivity index (χ3n) is 9.72. The lowest BCUT2D eigenvalue weighted by Crippen LogP contribution is -2.17. The normalized spacial score (nSPS) is 12.9. The molecule has 0 aliphatic rings. The van der Waals surface area contributed by atoms with Crippen LogP contribution in [0.4, 0.5) is 5.69 Å². The van der Waals surface area contributed by atoms with Gasteiger partial charge in [0.2, 0.25) is 0 Å². The zero-order valence-corrected chi connectivity index (χ0v) is 31.5. The molecule has 1 N–H and O–H groups in total. The number of rotatable bonds is 4. The summed E-state index contributed by atoms with van der Waals surface area (Å²) in [5.74, 6) is 0.283. The molecular formula is C46H46N2OS. The molecule has 0 aliphatic heterocycles. The number of phenols is 1. The van der Waals surface area contributed by atoms with Crippen LogP contribution in [-0.2, 0) is 16.2 Å². The number of hydrogen-bond donors (Lipinski definition) is 1. The second-order valence-electron chi connectivity index (χ2n) is 16.6. The molecule has 0 saturated heterocycles. The first-order valence-electron chi connectivity index (χ1n) is 17.5. The average molecular weight is 675 g/mol. The molecule has 0 saturated carbocycles. The number of benzene rings is 6. The highest BCUT2D eigenvalue weighted by Crippen LogP contribution is 2.45. The van der Waals surface area contributed by atoms with Gasteiger partial charge in [-0.2, -0.15) is 0 Å². The summed E-state index contributed by atoms with van der Waals surface area (Å²) in [7, 11) is 0. The van der Waals surface area contributed by atoms with E-state index in [4.69, 9.17) is 9.98 Å². The quantitative estimate of drug-likeness (QED) is 0.189. The molecule has 7 rings (SSSR count). The van der Waals surface area contributed by atoms with Crippen LogP contribution in [0.2, 0.25) is 0 Å². The number of phenolic OH excluding ortho intramolecular Hbond substituents is 1. The Bertz CT molecular complexity index is 2440. The van der Waals surface area contributed by atoms with Crippen molar-refractivity contribution in [2.24, 2.45) is 4.99 Å². The molecule has 3 nitrogen and oxygen atoms in total. The highest BCUT2D eigenvalue weighted by Gasteiger charge is 2.25. The van der Waals surface area contributed by atoms with Crippen LogP contribution < -0.4 is 0 Å². The minimum atomic E-state index is -0.229. The Morgan fingerprint density at radius 3 is 1.90 bits per heavy atom. The minimum Gasteiger partial charge on any atom is -0.507 e. The topological polar surface area (TPSA) is 45.5 Å². The molecule has 0 atom stereocenters. The Morgan fingerprint density at radius 1 is 0.600 bits per heavy atom. The summed E-state index contributed by atoms with van der Waals surface area (Å²) in [5, 5.41) is 17.1. The second-order valence-corrected chi connectivity index (χ2v) is 17.6. The van der Waals surface area contributed by atoms with Gasteiger partial charge < -0.3 is 5.11 Å². The summed E-state index contributed by atoms with van der Waals surface area (Å²) in [6.45, 7) is 19.9. The van der Waals surface area contributed by atoms with Crippen LogP contribution in [0.3, 0.4) is 0 Å². The first-order valence-corrected chi connectivity index (χ1v) is 18.3. The van der Waals surface area contributed by atoms with Crippen molar-refractivity contribution in [2.75, 3.05) is 0 Å². The molecular weight excluding hydrogens is 629 g/mol. The molecule has 0 unspecified atom stereocenters. The van der Waals surface area contributed by atoms with E-state index in [1.165, 1.54) is 27.5 Å². The lowest BCUT2D eigenvalue weighted by molar-refractivity contribution is 0.444. The Morgan fingerprint density at radius 2 is 1.22 bits per heavy atom. The second kappa shape index (κ2) is 12.2. The molecule has 0 bridgehead atoms. The van der Waals surface area contributed by atoms with Crippen molar-refractivity contribution in [3.8, 4) is 27.4 Å². The fourth-order valence-corrected chi connectivity index (χ4v) is 7.76. The third kappa shape index (κ3) is 6.22. The molecule has 0 aliphatic carbocycles. The van der Waals surface area contributed by atoms with E-state index >= 15 is 0 Å². The van der Waals surface area contributed by atoms with Crippen LogP contribution in [0.1, 0.15) is 84.6 Å². The molecule has 50 heavy (non-hydrogen) atoms. The van der Waals surface area contributed by atoms with Gasteiger partial charge in [0, 0.05) is 33.9 Å². The molecule has 7 aromatic rings. The first-order chi connectivity index (χ1) is 23.6. The number of hydrogen-bond acceptors (Lipinski definition) is 4. The largest absolute Gasteiger partial charge is 0.507 e. The fraction of sp³-hybridized carbons (Fsp3) is 0.261. The Balaban J connectivity index is 1.47.